The van der Waals surface area contributed by atoms with Gasteiger partial charge in [0, 0.05) is 39.8 Å². The summed E-state index contributed by atoms with van der Waals surface area (Å²) < 4.78 is 23.0. The molecular weight excluding hydrogens is 358 g/mol. The van der Waals surface area contributed by atoms with Crippen LogP contribution in [-0.4, -0.2) is 19.3 Å². The van der Waals surface area contributed by atoms with Crippen LogP contribution in [0.4, 0.5) is 0 Å². The quantitative estimate of drug-likeness (QED) is 0.738. The van der Waals surface area contributed by atoms with Crippen molar-refractivity contribution in [1.29, 1.82) is 0 Å². The fourth-order valence-corrected chi connectivity index (χ4v) is 4.23. The van der Waals surface area contributed by atoms with E-state index in [-0.39, 0.29) is 10.8 Å². The van der Waals surface area contributed by atoms with Crippen LogP contribution >= 0.6 is 11.3 Å². The van der Waals surface area contributed by atoms with Gasteiger partial charge in [0.05, 0.1) is 0 Å². The molecule has 0 radical (unpaired) electrons. The van der Waals surface area contributed by atoms with Gasteiger partial charge in [-0.25, -0.2) is 13.6 Å². The first-order chi connectivity index (χ1) is 11.9. The molecule has 4 rings (SSSR count). The number of nitrogens with one attached hydrogen (secondary N) is 1. The average Bonchev–Trinajstić information content (AvgIpc) is 3.21. The van der Waals surface area contributed by atoms with Crippen LogP contribution in [0.1, 0.15) is 15.9 Å². The van der Waals surface area contributed by atoms with E-state index >= 15 is 0 Å². The van der Waals surface area contributed by atoms with Gasteiger partial charge < -0.3 is 5.32 Å². The van der Waals surface area contributed by atoms with Gasteiger partial charge in [0.25, 0.3) is 5.91 Å². The molecule has 25 heavy (non-hydrogen) atoms. The number of carbonyl (C=O) groups excluding carboxylic acids is 1. The number of carbonyl (C=O) groups is 1. The van der Waals surface area contributed by atoms with Gasteiger partial charge in [-0.05, 0) is 41.5 Å². The number of primary sulfonamides is 1. The van der Waals surface area contributed by atoms with E-state index in [0.29, 0.717) is 17.7 Å². The summed E-state index contributed by atoms with van der Waals surface area (Å²) >= 11 is 1.52. The van der Waals surface area contributed by atoms with Crippen molar-refractivity contribution in [2.75, 3.05) is 0 Å². The largest absolute Gasteiger partial charge is 0.348 e. The Labute approximate surface area is 148 Å². The Morgan fingerprint density at radius 3 is 2.56 bits per heavy atom. The Kier molecular flexibility index (Phi) is 3.68. The summed E-state index contributed by atoms with van der Waals surface area (Å²) in [6, 6.07) is 11.1. The second-order valence-electron chi connectivity index (χ2n) is 5.67. The van der Waals surface area contributed by atoms with Crippen molar-refractivity contribution in [2.45, 2.75) is 11.4 Å². The number of hydrogen-bond acceptors (Lipinski definition) is 5. The molecule has 6 nitrogen and oxygen atoms in total. The SMILES string of the molecule is NS(=O)(=O)c1cncc(-c2ccc(-c3ccc4c(c3)CNC4=O)s2)c1. The number of aromatic nitrogens is 1. The zero-order chi connectivity index (χ0) is 17.6. The Morgan fingerprint density at radius 2 is 1.80 bits per heavy atom. The van der Waals surface area contributed by atoms with Gasteiger partial charge in [-0.15, -0.1) is 11.3 Å². The van der Waals surface area contributed by atoms with Crippen LogP contribution < -0.4 is 10.5 Å². The molecule has 0 fully saturated rings. The van der Waals surface area contributed by atoms with Crippen LogP contribution in [0.25, 0.3) is 20.9 Å². The molecule has 0 bridgehead atoms. The number of nitrogens with two attached hydrogens (primary N) is 1. The van der Waals surface area contributed by atoms with Crippen LogP contribution in [0.3, 0.4) is 0 Å². The molecule has 126 valence electrons. The first-order valence-electron chi connectivity index (χ1n) is 7.41. The summed E-state index contributed by atoms with van der Waals surface area (Å²) in [7, 11) is -3.79. The number of fused-ring (bicyclic) bond motifs is 1. The van der Waals surface area contributed by atoms with Crippen molar-refractivity contribution < 1.29 is 13.2 Å². The third-order valence-corrected chi connectivity index (χ3v) is 6.07. The lowest BCUT2D eigenvalue weighted by Gasteiger charge is -2.02. The summed E-state index contributed by atoms with van der Waals surface area (Å²) in [6.07, 6.45) is 2.84. The Bertz CT molecular complexity index is 1100. The second-order valence-corrected chi connectivity index (χ2v) is 8.32. The number of pyridine rings is 1. The molecule has 0 saturated heterocycles. The molecule has 0 atom stereocenters. The van der Waals surface area contributed by atoms with Crippen LogP contribution in [-0.2, 0) is 16.6 Å². The van der Waals surface area contributed by atoms with Gasteiger partial charge in [-0.2, -0.15) is 0 Å². The number of rotatable bonds is 3. The van der Waals surface area contributed by atoms with Crippen molar-refractivity contribution in [3.63, 3.8) is 0 Å². The standard InChI is InChI=1S/C17H13N3O3S2/c18-25(22,23)13-6-12(7-19-9-13)16-4-3-15(24-16)10-1-2-14-11(5-10)8-20-17(14)21/h1-7,9H,8H2,(H,20,21)(H2,18,22,23). The van der Waals surface area contributed by atoms with Gasteiger partial charge in [0.15, 0.2) is 0 Å². The highest BCUT2D eigenvalue weighted by Gasteiger charge is 2.19. The van der Waals surface area contributed by atoms with E-state index in [1.807, 2.05) is 30.3 Å². The smallest absolute Gasteiger partial charge is 0.251 e. The lowest BCUT2D eigenvalue weighted by Crippen LogP contribution is -2.12. The minimum Gasteiger partial charge on any atom is -0.348 e. The molecule has 0 unspecified atom stereocenters. The molecule has 1 amide bonds. The van der Waals surface area contributed by atoms with E-state index in [1.54, 1.807) is 6.20 Å². The summed E-state index contributed by atoms with van der Waals surface area (Å²) in [5.74, 6) is -0.0423. The van der Waals surface area contributed by atoms with Crippen LogP contribution in [0.2, 0.25) is 0 Å². The van der Waals surface area contributed by atoms with Gasteiger partial charge in [-0.1, -0.05) is 6.07 Å². The van der Waals surface area contributed by atoms with Crippen molar-refractivity contribution >= 4 is 27.3 Å². The van der Waals surface area contributed by atoms with Crippen LogP contribution in [0, 0.1) is 0 Å². The predicted molar refractivity (Wildman–Crippen MR) is 95.5 cm³/mol. The van der Waals surface area contributed by atoms with Gasteiger partial charge in [0.1, 0.15) is 4.90 Å². The van der Waals surface area contributed by atoms with Gasteiger partial charge >= 0.3 is 0 Å². The van der Waals surface area contributed by atoms with Crippen molar-refractivity contribution in [3.05, 3.63) is 59.9 Å². The summed E-state index contributed by atoms with van der Waals surface area (Å²) in [5, 5.41) is 7.97. The van der Waals surface area contributed by atoms with Crippen molar-refractivity contribution in [1.82, 2.24) is 10.3 Å². The maximum atomic E-state index is 11.6. The zero-order valence-electron chi connectivity index (χ0n) is 12.9. The number of benzene rings is 1. The number of amides is 1. The fraction of sp³-hybridized carbons (Fsp3) is 0.0588. The van der Waals surface area contributed by atoms with Gasteiger partial charge in [0.2, 0.25) is 10.0 Å². The van der Waals surface area contributed by atoms with Crippen LogP contribution in [0.15, 0.2) is 53.7 Å². The highest BCUT2D eigenvalue weighted by atomic mass is 32.2. The lowest BCUT2D eigenvalue weighted by molar-refractivity contribution is 0.0965. The second kappa shape index (κ2) is 5.76. The van der Waals surface area contributed by atoms with Crippen molar-refractivity contribution in [2.24, 2.45) is 5.14 Å². The first kappa shape index (κ1) is 15.9. The summed E-state index contributed by atoms with van der Waals surface area (Å²) in [5.41, 5.74) is 3.41. The Morgan fingerprint density at radius 1 is 1.04 bits per heavy atom. The molecular formula is C17H13N3O3S2. The number of hydrogen-bond donors (Lipinski definition) is 2. The number of thiophene rings is 1. The maximum absolute atomic E-state index is 11.6. The zero-order valence-corrected chi connectivity index (χ0v) is 14.5. The highest BCUT2D eigenvalue weighted by Crippen LogP contribution is 2.35. The minimum atomic E-state index is -3.79. The van der Waals surface area contributed by atoms with E-state index in [9.17, 15) is 13.2 Å². The molecule has 1 aromatic carbocycles. The Hall–Kier alpha value is -2.55. The average molecular weight is 371 g/mol. The van der Waals surface area contributed by atoms with E-state index < -0.39 is 10.0 Å². The molecule has 0 saturated carbocycles. The number of nitrogens with zero attached hydrogens (tertiary/aromatic N) is 1. The Balaban J connectivity index is 1.71. The van der Waals surface area contributed by atoms with E-state index in [4.69, 9.17) is 5.14 Å². The summed E-state index contributed by atoms with van der Waals surface area (Å²) in [4.78, 5) is 17.5. The van der Waals surface area contributed by atoms with Crippen molar-refractivity contribution in [3.8, 4) is 20.9 Å². The van der Waals surface area contributed by atoms with E-state index in [1.165, 1.54) is 23.6 Å². The molecule has 3 heterocycles. The molecule has 1 aliphatic heterocycles. The third kappa shape index (κ3) is 2.95. The van der Waals surface area contributed by atoms with Gasteiger partial charge in [-0.3, -0.25) is 9.78 Å². The molecule has 8 heteroatoms. The highest BCUT2D eigenvalue weighted by molar-refractivity contribution is 7.89. The molecule has 3 aromatic rings. The fourth-order valence-electron chi connectivity index (χ4n) is 2.74. The minimum absolute atomic E-state index is 0.0120. The monoisotopic (exact) mass is 371 g/mol. The topological polar surface area (TPSA) is 102 Å². The molecule has 3 N–H and O–H groups in total. The van der Waals surface area contributed by atoms with E-state index in [0.717, 1.165) is 20.9 Å². The van der Waals surface area contributed by atoms with E-state index in [2.05, 4.69) is 10.3 Å². The summed E-state index contributed by atoms with van der Waals surface area (Å²) in [6.45, 7) is 0.542. The molecule has 0 aliphatic carbocycles. The molecule has 1 aliphatic rings. The normalized spacial score (nSPS) is 13.6. The lowest BCUT2D eigenvalue weighted by atomic mass is 10.1. The predicted octanol–water partition coefficient (Wildman–Crippen LogP) is 2.37. The first-order valence-corrected chi connectivity index (χ1v) is 9.78. The third-order valence-electron chi connectivity index (χ3n) is 4.01. The number of sulfonamides is 1. The molecule has 2 aromatic heterocycles. The maximum Gasteiger partial charge on any atom is 0.251 e. The molecule has 0 spiro atoms. The van der Waals surface area contributed by atoms with Crippen LogP contribution in [0.5, 0.6) is 0 Å².